The average molecular weight is 539 g/mol. The van der Waals surface area contributed by atoms with Crippen LogP contribution in [-0.2, 0) is 32.3 Å². The molecule has 15 heteroatoms. The van der Waals surface area contributed by atoms with Crippen LogP contribution in [0.2, 0.25) is 4.34 Å². The summed E-state index contributed by atoms with van der Waals surface area (Å²) in [5.74, 6) is -2.15. The summed E-state index contributed by atoms with van der Waals surface area (Å²) in [6.07, 6.45) is 3.61. The summed E-state index contributed by atoms with van der Waals surface area (Å²) in [6, 6.07) is 2.74. The Balaban J connectivity index is 1.53. The minimum atomic E-state index is -1.21. The highest BCUT2D eigenvalue weighted by molar-refractivity contribution is 8.00. The fourth-order valence-electron chi connectivity index (χ4n) is 3.71. The van der Waals surface area contributed by atoms with Crippen LogP contribution < -0.4 is 21.4 Å². The summed E-state index contributed by atoms with van der Waals surface area (Å²) in [7, 11) is 1.25. The van der Waals surface area contributed by atoms with Crippen molar-refractivity contribution < 1.29 is 28.9 Å². The second-order valence-corrected chi connectivity index (χ2v) is 10.2. The van der Waals surface area contributed by atoms with Crippen molar-refractivity contribution in [1.82, 2.24) is 15.2 Å². The molecular weight excluding hydrogens is 518 g/mol. The zero-order chi connectivity index (χ0) is 25.3. The number of fused-ring (bicyclic) bond motifs is 1. The molecule has 2 aromatic rings. The molecule has 1 saturated heterocycles. The van der Waals surface area contributed by atoms with Crippen molar-refractivity contribution in [1.29, 1.82) is 0 Å². The van der Waals surface area contributed by atoms with E-state index in [9.17, 15) is 19.5 Å². The van der Waals surface area contributed by atoms with E-state index in [0.29, 0.717) is 24.4 Å². The Labute approximate surface area is 212 Å². The third-order valence-corrected chi connectivity index (χ3v) is 7.75. The molecule has 0 aromatic carbocycles. The largest absolute Gasteiger partial charge is 0.477 e. The zero-order valence-corrected chi connectivity index (χ0v) is 20.7. The van der Waals surface area contributed by atoms with Gasteiger partial charge in [-0.3, -0.25) is 14.5 Å². The molecule has 0 bridgehead atoms. The zero-order valence-electron chi connectivity index (χ0n) is 18.3. The molecule has 0 unspecified atom stereocenters. The Kier molecular flexibility index (Phi) is 7.25. The van der Waals surface area contributed by atoms with Crippen molar-refractivity contribution in [3.63, 3.8) is 0 Å². The van der Waals surface area contributed by atoms with Gasteiger partial charge in [0.25, 0.3) is 11.8 Å². The molecule has 12 nitrogen and oxygen atoms in total. The molecule has 2 aliphatic rings. The lowest BCUT2D eigenvalue weighted by atomic mass is 10.0. The highest BCUT2D eigenvalue weighted by Crippen LogP contribution is 2.40. The molecule has 0 radical (unpaired) electrons. The number of carbonyl (C=O) groups excluding carboxylic acids is 2. The standard InChI is InChI=1S/C20H20ClN7O5S2/c1-33-26-12(11-15(21)35-20(23)25-11)16(29)24-13-17(30)28-14(19(31)32)10(8-34-18(13)28)7-27-4-2-9(6-22)3-5-27/h2-5,13,18H,6-8,22H2,1H3,(H3-,23,24,25,29,31,32)/p+1/b26-12-/t13-,18-/m1/s1. The number of oxime groups is 1. The van der Waals surface area contributed by atoms with E-state index in [2.05, 4.69) is 15.5 Å². The molecule has 2 atom stereocenters. The van der Waals surface area contributed by atoms with Gasteiger partial charge in [-0.25, -0.2) is 14.3 Å². The van der Waals surface area contributed by atoms with Gasteiger partial charge in [0.2, 0.25) is 0 Å². The smallest absolute Gasteiger partial charge is 0.352 e. The molecule has 2 aromatic heterocycles. The van der Waals surface area contributed by atoms with Gasteiger partial charge in [0.1, 0.15) is 34.3 Å². The van der Waals surface area contributed by atoms with E-state index in [1.807, 2.05) is 16.7 Å². The number of hydrogen-bond donors (Lipinski definition) is 4. The number of carboxylic acid groups (broad SMARTS) is 1. The number of amides is 2. The first-order chi connectivity index (χ1) is 16.7. The number of aromatic nitrogens is 2. The third kappa shape index (κ3) is 4.82. The van der Waals surface area contributed by atoms with Crippen molar-refractivity contribution in [2.24, 2.45) is 10.9 Å². The van der Waals surface area contributed by atoms with Crippen LogP contribution in [0.1, 0.15) is 11.3 Å². The lowest BCUT2D eigenvalue weighted by Crippen LogP contribution is -2.71. The first-order valence-corrected chi connectivity index (χ1v) is 12.4. The molecule has 6 N–H and O–H groups in total. The number of aliphatic carboxylic acids is 1. The van der Waals surface area contributed by atoms with E-state index in [4.69, 9.17) is 27.9 Å². The number of pyridine rings is 1. The Morgan fingerprint density at radius 3 is 2.71 bits per heavy atom. The number of rotatable bonds is 8. The molecule has 0 saturated carbocycles. The minimum Gasteiger partial charge on any atom is -0.477 e. The second kappa shape index (κ2) is 10.2. The third-order valence-electron chi connectivity index (χ3n) is 5.33. The number of nitrogens with two attached hydrogens (primary N) is 2. The first-order valence-electron chi connectivity index (χ1n) is 10.2. The number of β-lactam (4-membered cyclic amide) rings is 1. The van der Waals surface area contributed by atoms with Crippen LogP contribution in [0.3, 0.4) is 0 Å². The second-order valence-electron chi connectivity index (χ2n) is 7.50. The van der Waals surface area contributed by atoms with E-state index < -0.39 is 29.2 Å². The van der Waals surface area contributed by atoms with Crippen LogP contribution in [0.15, 0.2) is 41.0 Å². The first kappa shape index (κ1) is 24.9. The van der Waals surface area contributed by atoms with Gasteiger partial charge in [-0.15, -0.1) is 11.8 Å². The van der Waals surface area contributed by atoms with Gasteiger partial charge in [-0.1, -0.05) is 28.1 Å². The van der Waals surface area contributed by atoms with E-state index >= 15 is 0 Å². The molecule has 4 heterocycles. The van der Waals surface area contributed by atoms with E-state index in [1.165, 1.54) is 23.8 Å². The monoisotopic (exact) mass is 538 g/mol. The predicted octanol–water partition coefficient (Wildman–Crippen LogP) is -0.0858. The predicted molar refractivity (Wildman–Crippen MR) is 129 cm³/mol. The van der Waals surface area contributed by atoms with Crippen molar-refractivity contribution in [2.45, 2.75) is 24.5 Å². The summed E-state index contributed by atoms with van der Waals surface area (Å²) in [5.41, 5.74) is 12.5. The van der Waals surface area contributed by atoms with E-state index in [1.54, 1.807) is 12.4 Å². The van der Waals surface area contributed by atoms with Crippen LogP contribution in [-0.4, -0.2) is 62.8 Å². The molecule has 0 spiro atoms. The van der Waals surface area contributed by atoms with Crippen LogP contribution >= 0.6 is 34.7 Å². The Morgan fingerprint density at radius 1 is 1.43 bits per heavy atom. The minimum absolute atomic E-state index is 0.0273. The van der Waals surface area contributed by atoms with Gasteiger partial charge in [0.05, 0.1) is 0 Å². The lowest BCUT2D eigenvalue weighted by molar-refractivity contribution is -0.689. The number of carbonyl (C=O) groups is 3. The summed E-state index contributed by atoms with van der Waals surface area (Å²) in [5, 5.41) is 15.7. The molecule has 35 heavy (non-hydrogen) atoms. The molecule has 0 aliphatic carbocycles. The Morgan fingerprint density at radius 2 is 2.14 bits per heavy atom. The Bertz CT molecular complexity index is 1250. The number of hydrogen-bond acceptors (Lipinski definition) is 10. The highest BCUT2D eigenvalue weighted by Gasteiger charge is 2.54. The topological polar surface area (TPSA) is 177 Å². The molecular formula is C20H21ClN7O5S2+. The van der Waals surface area contributed by atoms with Crippen molar-refractivity contribution >= 4 is 63.3 Å². The van der Waals surface area contributed by atoms with Crippen molar-refractivity contribution in [3.05, 3.63) is 51.4 Å². The normalized spacial score (nSPS) is 19.8. The maximum absolute atomic E-state index is 13.0. The number of nitrogens with one attached hydrogen (secondary N) is 1. The van der Waals surface area contributed by atoms with E-state index in [-0.39, 0.29) is 26.6 Å². The number of carboxylic acids is 1. The van der Waals surface area contributed by atoms with Gasteiger partial charge < -0.3 is 26.7 Å². The van der Waals surface area contributed by atoms with Crippen LogP contribution in [0, 0.1) is 0 Å². The number of nitrogen functional groups attached to an aromatic ring is 1. The number of nitrogens with zero attached hydrogens (tertiary/aromatic N) is 4. The molecule has 184 valence electrons. The number of halogens is 1. The molecule has 4 rings (SSSR count). The van der Waals surface area contributed by atoms with Gasteiger partial charge in [0.15, 0.2) is 29.8 Å². The maximum atomic E-state index is 13.0. The van der Waals surface area contributed by atoms with Crippen LogP contribution in [0.5, 0.6) is 0 Å². The number of thiazole rings is 1. The van der Waals surface area contributed by atoms with Gasteiger partial charge in [0, 0.05) is 30.0 Å². The SMILES string of the molecule is CO/N=C(\C(=O)N[C@@H]1C(=O)N2C(C(=O)O)=C(C[n+]3ccc(CN)cc3)CS[C@H]12)c1nc(N)sc1Cl. The number of anilines is 1. The average Bonchev–Trinajstić information content (AvgIpc) is 3.18. The van der Waals surface area contributed by atoms with Gasteiger partial charge >= 0.3 is 5.97 Å². The number of thioether (sulfide) groups is 1. The maximum Gasteiger partial charge on any atom is 0.352 e. The molecule has 2 aliphatic heterocycles. The van der Waals surface area contributed by atoms with Crippen molar-refractivity contribution in [3.8, 4) is 0 Å². The van der Waals surface area contributed by atoms with Gasteiger partial charge in [-0.05, 0) is 5.56 Å². The fourth-order valence-corrected chi connectivity index (χ4v) is 5.97. The van der Waals surface area contributed by atoms with Crippen LogP contribution in [0.25, 0.3) is 0 Å². The fraction of sp³-hybridized carbons (Fsp3) is 0.300. The quantitative estimate of drug-likeness (QED) is 0.155. The molecule has 1 fully saturated rings. The van der Waals surface area contributed by atoms with Crippen molar-refractivity contribution in [2.75, 3.05) is 18.6 Å². The Hall–Kier alpha value is -3.20. The van der Waals surface area contributed by atoms with Gasteiger partial charge in [-0.2, -0.15) is 0 Å². The van der Waals surface area contributed by atoms with E-state index in [0.717, 1.165) is 16.9 Å². The summed E-state index contributed by atoms with van der Waals surface area (Å²) in [4.78, 5) is 47.9. The van der Waals surface area contributed by atoms with Crippen LogP contribution in [0.4, 0.5) is 5.13 Å². The summed E-state index contributed by atoms with van der Waals surface area (Å²) >= 11 is 8.42. The lowest BCUT2D eigenvalue weighted by Gasteiger charge is -2.49. The highest BCUT2D eigenvalue weighted by atomic mass is 35.5. The summed E-state index contributed by atoms with van der Waals surface area (Å²) in [6.45, 7) is 0.692. The summed E-state index contributed by atoms with van der Waals surface area (Å²) < 4.78 is 1.96. The molecule has 2 amide bonds.